The van der Waals surface area contributed by atoms with Gasteiger partial charge in [-0.2, -0.15) is 0 Å². The number of nitrogens with zero attached hydrogens (tertiary/aromatic N) is 2. The lowest BCUT2D eigenvalue weighted by Gasteiger charge is -2.04. The Morgan fingerprint density at radius 3 is 2.55 bits per heavy atom. The highest BCUT2D eigenvalue weighted by atomic mass is 16.5. The quantitative estimate of drug-likeness (QED) is 0.794. The maximum absolute atomic E-state index is 9.23. The number of fused-ring (bicyclic) bond motifs is 1. The summed E-state index contributed by atoms with van der Waals surface area (Å²) < 4.78 is 7.21. The van der Waals surface area contributed by atoms with Gasteiger partial charge in [-0.1, -0.05) is 6.07 Å². The van der Waals surface area contributed by atoms with Gasteiger partial charge in [0.2, 0.25) is 0 Å². The Labute approximate surface area is 117 Å². The van der Waals surface area contributed by atoms with Crippen LogP contribution in [-0.4, -0.2) is 21.8 Å². The Bertz CT molecular complexity index is 745. The van der Waals surface area contributed by atoms with Gasteiger partial charge in [0.05, 0.1) is 24.8 Å². The van der Waals surface area contributed by atoms with Crippen LogP contribution in [0.4, 0.5) is 0 Å². The van der Waals surface area contributed by atoms with E-state index in [-0.39, 0.29) is 6.61 Å². The van der Waals surface area contributed by atoms with E-state index in [0.717, 1.165) is 33.7 Å². The fraction of sp³-hybridized carbons (Fsp3) is 0.188. The minimum Gasteiger partial charge on any atom is -0.497 e. The lowest BCUT2D eigenvalue weighted by atomic mass is 10.2. The van der Waals surface area contributed by atoms with Crippen LogP contribution in [0, 0.1) is 0 Å². The summed E-state index contributed by atoms with van der Waals surface area (Å²) in [7, 11) is 3.64. The molecule has 0 saturated heterocycles. The summed E-state index contributed by atoms with van der Waals surface area (Å²) in [6.45, 7) is 0.0407. The Balaban J connectivity index is 2.13. The van der Waals surface area contributed by atoms with E-state index in [9.17, 15) is 5.11 Å². The fourth-order valence-corrected chi connectivity index (χ4v) is 2.33. The van der Waals surface area contributed by atoms with E-state index in [1.54, 1.807) is 7.11 Å². The number of aromatic nitrogens is 2. The Hall–Kier alpha value is -2.33. The van der Waals surface area contributed by atoms with Crippen molar-refractivity contribution in [3.8, 4) is 17.1 Å². The Morgan fingerprint density at radius 1 is 1.15 bits per heavy atom. The van der Waals surface area contributed by atoms with Crippen LogP contribution in [-0.2, 0) is 13.7 Å². The summed E-state index contributed by atoms with van der Waals surface area (Å²) in [4.78, 5) is 4.65. The first kappa shape index (κ1) is 12.7. The van der Waals surface area contributed by atoms with Crippen molar-refractivity contribution in [2.75, 3.05) is 7.11 Å². The van der Waals surface area contributed by atoms with E-state index in [4.69, 9.17) is 4.74 Å². The molecule has 0 saturated carbocycles. The minimum atomic E-state index is 0.0407. The van der Waals surface area contributed by atoms with Crippen LogP contribution in [0.5, 0.6) is 5.75 Å². The summed E-state index contributed by atoms with van der Waals surface area (Å²) in [6.07, 6.45) is 0. The number of imidazole rings is 1. The first-order chi connectivity index (χ1) is 9.72. The van der Waals surface area contributed by atoms with Crippen LogP contribution in [0.3, 0.4) is 0 Å². The highest BCUT2D eigenvalue weighted by Gasteiger charge is 2.10. The number of aryl methyl sites for hydroxylation is 1. The van der Waals surface area contributed by atoms with Crippen molar-refractivity contribution in [3.05, 3.63) is 48.0 Å². The molecule has 4 heteroatoms. The monoisotopic (exact) mass is 268 g/mol. The number of ether oxygens (including phenoxy) is 1. The van der Waals surface area contributed by atoms with Crippen molar-refractivity contribution in [1.82, 2.24) is 9.55 Å². The molecule has 2 aromatic carbocycles. The third-order valence-corrected chi connectivity index (χ3v) is 3.48. The molecule has 1 heterocycles. The van der Waals surface area contributed by atoms with Gasteiger partial charge >= 0.3 is 0 Å². The summed E-state index contributed by atoms with van der Waals surface area (Å²) in [5, 5.41) is 9.23. The molecule has 3 aromatic rings. The lowest BCUT2D eigenvalue weighted by Crippen LogP contribution is -1.93. The van der Waals surface area contributed by atoms with Crippen LogP contribution in [0.1, 0.15) is 5.56 Å². The molecule has 0 atom stereocenters. The summed E-state index contributed by atoms with van der Waals surface area (Å²) >= 11 is 0. The van der Waals surface area contributed by atoms with Gasteiger partial charge in [0.1, 0.15) is 11.6 Å². The van der Waals surface area contributed by atoms with Gasteiger partial charge in [0.25, 0.3) is 0 Å². The normalized spacial score (nSPS) is 10.9. The van der Waals surface area contributed by atoms with Gasteiger partial charge < -0.3 is 14.4 Å². The third-order valence-electron chi connectivity index (χ3n) is 3.48. The number of aliphatic hydroxyl groups is 1. The van der Waals surface area contributed by atoms with Crippen LogP contribution < -0.4 is 4.74 Å². The first-order valence-electron chi connectivity index (χ1n) is 6.43. The van der Waals surface area contributed by atoms with Gasteiger partial charge in [-0.3, -0.25) is 0 Å². The van der Waals surface area contributed by atoms with Crippen LogP contribution >= 0.6 is 0 Å². The molecule has 3 rings (SSSR count). The Morgan fingerprint density at radius 2 is 1.90 bits per heavy atom. The highest BCUT2D eigenvalue weighted by molar-refractivity contribution is 5.81. The van der Waals surface area contributed by atoms with Crippen molar-refractivity contribution in [1.29, 1.82) is 0 Å². The van der Waals surface area contributed by atoms with Crippen LogP contribution in [0.2, 0.25) is 0 Å². The van der Waals surface area contributed by atoms with Crippen molar-refractivity contribution >= 4 is 11.0 Å². The summed E-state index contributed by atoms with van der Waals surface area (Å²) in [6, 6.07) is 13.6. The highest BCUT2D eigenvalue weighted by Crippen LogP contribution is 2.26. The topological polar surface area (TPSA) is 47.3 Å². The zero-order chi connectivity index (χ0) is 14.1. The second-order valence-electron chi connectivity index (χ2n) is 4.70. The number of benzene rings is 2. The van der Waals surface area contributed by atoms with E-state index in [0.29, 0.717) is 0 Å². The smallest absolute Gasteiger partial charge is 0.140 e. The molecule has 0 amide bonds. The molecular formula is C16H16N2O2. The molecule has 0 bridgehead atoms. The van der Waals surface area contributed by atoms with Gasteiger partial charge in [-0.25, -0.2) is 4.98 Å². The standard InChI is InChI=1S/C16H16N2O2/c1-18-15-9-11(10-19)3-8-14(15)17-16(18)12-4-6-13(20-2)7-5-12/h3-9,19H,10H2,1-2H3. The van der Waals surface area contributed by atoms with Crippen LogP contribution in [0.25, 0.3) is 22.4 Å². The number of hydrogen-bond donors (Lipinski definition) is 1. The van der Waals surface area contributed by atoms with E-state index in [1.807, 2.05) is 54.1 Å². The molecule has 0 aliphatic heterocycles. The molecule has 1 N–H and O–H groups in total. The largest absolute Gasteiger partial charge is 0.497 e. The lowest BCUT2D eigenvalue weighted by molar-refractivity contribution is 0.282. The van der Waals surface area contributed by atoms with Crippen molar-refractivity contribution in [2.24, 2.45) is 7.05 Å². The number of aliphatic hydroxyl groups excluding tert-OH is 1. The van der Waals surface area contributed by atoms with E-state index in [2.05, 4.69) is 4.98 Å². The van der Waals surface area contributed by atoms with E-state index >= 15 is 0 Å². The average Bonchev–Trinajstić information content (AvgIpc) is 2.84. The first-order valence-corrected chi connectivity index (χ1v) is 6.43. The van der Waals surface area contributed by atoms with Crippen molar-refractivity contribution < 1.29 is 9.84 Å². The maximum Gasteiger partial charge on any atom is 0.140 e. The molecule has 4 nitrogen and oxygen atoms in total. The molecular weight excluding hydrogens is 252 g/mol. The second-order valence-corrected chi connectivity index (χ2v) is 4.70. The van der Waals surface area contributed by atoms with Gasteiger partial charge in [0.15, 0.2) is 0 Å². The molecule has 0 aliphatic carbocycles. The number of hydrogen-bond acceptors (Lipinski definition) is 3. The molecule has 0 radical (unpaired) electrons. The van der Waals surface area contributed by atoms with Crippen LogP contribution in [0.15, 0.2) is 42.5 Å². The van der Waals surface area contributed by atoms with E-state index in [1.165, 1.54) is 0 Å². The second kappa shape index (κ2) is 4.98. The predicted octanol–water partition coefficient (Wildman–Crippen LogP) is 2.74. The SMILES string of the molecule is COc1ccc(-c2nc3ccc(CO)cc3n2C)cc1. The van der Waals surface area contributed by atoms with E-state index < -0.39 is 0 Å². The maximum atomic E-state index is 9.23. The molecule has 0 aliphatic rings. The zero-order valence-corrected chi connectivity index (χ0v) is 11.5. The van der Waals surface area contributed by atoms with Gasteiger partial charge in [0, 0.05) is 12.6 Å². The van der Waals surface area contributed by atoms with Crippen molar-refractivity contribution in [3.63, 3.8) is 0 Å². The number of rotatable bonds is 3. The fourth-order valence-electron chi connectivity index (χ4n) is 2.33. The van der Waals surface area contributed by atoms with Gasteiger partial charge in [-0.05, 0) is 42.0 Å². The third kappa shape index (κ3) is 2.04. The molecule has 0 spiro atoms. The predicted molar refractivity (Wildman–Crippen MR) is 78.6 cm³/mol. The minimum absolute atomic E-state index is 0.0407. The molecule has 102 valence electrons. The molecule has 1 aromatic heterocycles. The zero-order valence-electron chi connectivity index (χ0n) is 11.5. The molecule has 0 unspecified atom stereocenters. The summed E-state index contributed by atoms with van der Waals surface area (Å²) in [5.74, 6) is 1.73. The summed E-state index contributed by atoms with van der Waals surface area (Å²) in [5.41, 5.74) is 3.87. The van der Waals surface area contributed by atoms with Crippen molar-refractivity contribution in [2.45, 2.75) is 6.61 Å². The number of methoxy groups -OCH3 is 1. The Kier molecular flexibility index (Phi) is 3.16. The van der Waals surface area contributed by atoms with Gasteiger partial charge in [-0.15, -0.1) is 0 Å². The molecule has 20 heavy (non-hydrogen) atoms. The molecule has 0 fully saturated rings. The average molecular weight is 268 g/mol.